The lowest BCUT2D eigenvalue weighted by atomic mass is 10.1. The molecule has 2 rings (SSSR count). The van der Waals surface area contributed by atoms with Crippen molar-refractivity contribution in [3.8, 4) is 11.8 Å². The average molecular weight is 245 g/mol. The average Bonchev–Trinajstić information content (AvgIpc) is 2.85. The summed E-state index contributed by atoms with van der Waals surface area (Å²) in [6, 6.07) is 6.29. The molecule has 0 atom stereocenters. The predicted octanol–water partition coefficient (Wildman–Crippen LogP) is 1.39. The third kappa shape index (κ3) is 2.52. The van der Waals surface area contributed by atoms with Crippen molar-refractivity contribution < 1.29 is 4.39 Å². The maximum atomic E-state index is 13.2. The minimum atomic E-state index is -0.299. The summed E-state index contributed by atoms with van der Waals surface area (Å²) in [5.41, 5.74) is 1.48. The summed E-state index contributed by atoms with van der Waals surface area (Å²) in [6.07, 6.45) is 1.45. The third-order valence-electron chi connectivity index (χ3n) is 2.45. The monoisotopic (exact) mass is 245 g/mol. The fraction of sp³-hybridized carbons (Fsp3) is 0.250. The zero-order valence-corrected chi connectivity index (χ0v) is 9.89. The van der Waals surface area contributed by atoms with E-state index in [1.165, 1.54) is 23.1 Å². The molecule has 5 nitrogen and oxygen atoms in total. The van der Waals surface area contributed by atoms with Crippen molar-refractivity contribution >= 4 is 0 Å². The molecule has 1 heterocycles. The van der Waals surface area contributed by atoms with E-state index >= 15 is 0 Å². The topological polar surface area (TPSA) is 66.5 Å². The van der Waals surface area contributed by atoms with Gasteiger partial charge in [-0.05, 0) is 30.3 Å². The summed E-state index contributed by atoms with van der Waals surface area (Å²) < 4.78 is 14.7. The van der Waals surface area contributed by atoms with Crippen LogP contribution in [0.4, 0.5) is 4.39 Å². The van der Waals surface area contributed by atoms with E-state index in [2.05, 4.69) is 15.4 Å². The molecule has 0 unspecified atom stereocenters. The normalized spacial score (nSPS) is 10.3. The maximum Gasteiger partial charge on any atom is 0.252 e. The van der Waals surface area contributed by atoms with E-state index in [1.54, 1.807) is 6.07 Å². The first-order valence-electron chi connectivity index (χ1n) is 5.56. The highest BCUT2D eigenvalue weighted by Crippen LogP contribution is 2.15. The van der Waals surface area contributed by atoms with Crippen LogP contribution < -0.4 is 5.32 Å². The minimum Gasteiger partial charge on any atom is -0.313 e. The molecule has 0 aliphatic rings. The molecule has 18 heavy (non-hydrogen) atoms. The largest absolute Gasteiger partial charge is 0.313 e. The molecule has 6 heteroatoms. The van der Waals surface area contributed by atoms with Crippen LogP contribution in [-0.4, -0.2) is 21.3 Å². The Bertz CT molecular complexity index is 584. The van der Waals surface area contributed by atoms with E-state index in [1.807, 2.05) is 13.0 Å². The first kappa shape index (κ1) is 12.2. The van der Waals surface area contributed by atoms with Crippen LogP contribution in [0.25, 0.3) is 5.69 Å². The van der Waals surface area contributed by atoms with Crippen LogP contribution in [0.1, 0.15) is 18.3 Å². The molecule has 1 N–H and O–H groups in total. The summed E-state index contributed by atoms with van der Waals surface area (Å²) >= 11 is 0. The Hall–Kier alpha value is -2.26. The molecule has 0 fully saturated rings. The third-order valence-corrected chi connectivity index (χ3v) is 2.45. The van der Waals surface area contributed by atoms with Gasteiger partial charge in [-0.25, -0.2) is 14.1 Å². The number of nitrogens with zero attached hydrogens (tertiary/aromatic N) is 4. The van der Waals surface area contributed by atoms with E-state index in [4.69, 9.17) is 5.26 Å². The van der Waals surface area contributed by atoms with Gasteiger partial charge < -0.3 is 5.32 Å². The van der Waals surface area contributed by atoms with Gasteiger partial charge in [-0.3, -0.25) is 0 Å². The zero-order valence-electron chi connectivity index (χ0n) is 9.89. The minimum absolute atomic E-state index is 0.0914. The standard InChI is InChI=1S/C12H12FN5/c1-2-15-7-9-5-10(13)3-4-11(9)18-8-16-12(6-14)17-18/h3-5,8,15H,2,7H2,1H3. The number of benzene rings is 1. The van der Waals surface area contributed by atoms with E-state index in [0.717, 1.165) is 12.1 Å². The zero-order chi connectivity index (χ0) is 13.0. The van der Waals surface area contributed by atoms with Gasteiger partial charge in [0.1, 0.15) is 18.2 Å². The van der Waals surface area contributed by atoms with Gasteiger partial charge in [0.05, 0.1) is 5.69 Å². The number of hydrogen-bond donors (Lipinski definition) is 1. The number of nitriles is 1. The van der Waals surface area contributed by atoms with Crippen molar-refractivity contribution in [1.29, 1.82) is 5.26 Å². The van der Waals surface area contributed by atoms with Crippen LogP contribution in [0.3, 0.4) is 0 Å². The highest BCUT2D eigenvalue weighted by atomic mass is 19.1. The van der Waals surface area contributed by atoms with Crippen LogP contribution in [0.2, 0.25) is 0 Å². The Labute approximate surface area is 104 Å². The first-order chi connectivity index (χ1) is 8.74. The summed E-state index contributed by atoms with van der Waals surface area (Å²) in [6.45, 7) is 3.30. The molecule has 0 spiro atoms. The molecule has 0 radical (unpaired) electrons. The number of rotatable bonds is 4. The highest BCUT2D eigenvalue weighted by molar-refractivity contribution is 5.40. The van der Waals surface area contributed by atoms with Gasteiger partial charge in [0.25, 0.3) is 5.82 Å². The Morgan fingerprint density at radius 2 is 2.33 bits per heavy atom. The lowest BCUT2D eigenvalue weighted by Gasteiger charge is -2.09. The molecule has 92 valence electrons. The second-order valence-corrected chi connectivity index (χ2v) is 3.68. The smallest absolute Gasteiger partial charge is 0.252 e. The van der Waals surface area contributed by atoms with Gasteiger partial charge in [0, 0.05) is 6.54 Å². The molecule has 2 aromatic rings. The summed E-state index contributed by atoms with van der Waals surface area (Å²) in [7, 11) is 0. The Morgan fingerprint density at radius 3 is 3.00 bits per heavy atom. The quantitative estimate of drug-likeness (QED) is 0.883. The molecule has 1 aromatic carbocycles. The van der Waals surface area contributed by atoms with Gasteiger partial charge in [0.15, 0.2) is 0 Å². The number of nitrogens with one attached hydrogen (secondary N) is 1. The fourth-order valence-corrected chi connectivity index (χ4v) is 1.61. The van der Waals surface area contributed by atoms with Gasteiger partial charge in [-0.15, -0.1) is 5.10 Å². The lowest BCUT2D eigenvalue weighted by molar-refractivity contribution is 0.620. The Balaban J connectivity index is 2.39. The molecule has 0 saturated carbocycles. The van der Waals surface area contributed by atoms with E-state index in [0.29, 0.717) is 12.2 Å². The van der Waals surface area contributed by atoms with E-state index in [9.17, 15) is 4.39 Å². The van der Waals surface area contributed by atoms with Crippen LogP contribution >= 0.6 is 0 Å². The summed E-state index contributed by atoms with van der Waals surface area (Å²) in [4.78, 5) is 3.83. The van der Waals surface area contributed by atoms with Crippen molar-refractivity contribution in [3.05, 3.63) is 41.7 Å². The molecule has 0 bridgehead atoms. The summed E-state index contributed by atoms with van der Waals surface area (Å²) in [5.74, 6) is -0.207. The predicted molar refractivity (Wildman–Crippen MR) is 63.4 cm³/mol. The first-order valence-corrected chi connectivity index (χ1v) is 5.56. The van der Waals surface area contributed by atoms with Gasteiger partial charge in [-0.1, -0.05) is 6.92 Å². The highest BCUT2D eigenvalue weighted by Gasteiger charge is 2.08. The Morgan fingerprint density at radius 1 is 1.50 bits per heavy atom. The second-order valence-electron chi connectivity index (χ2n) is 3.68. The van der Waals surface area contributed by atoms with Crippen molar-refractivity contribution in [2.24, 2.45) is 0 Å². The SMILES string of the molecule is CCNCc1cc(F)ccc1-n1cnc(C#N)n1. The Kier molecular flexibility index (Phi) is 3.65. The van der Waals surface area contributed by atoms with Crippen molar-refractivity contribution in [2.75, 3.05) is 6.54 Å². The van der Waals surface area contributed by atoms with Gasteiger partial charge >= 0.3 is 0 Å². The molecule has 0 saturated heterocycles. The van der Waals surface area contributed by atoms with Crippen molar-refractivity contribution in [2.45, 2.75) is 13.5 Å². The molecule has 0 aliphatic carbocycles. The fourth-order valence-electron chi connectivity index (χ4n) is 1.61. The molecule has 0 aliphatic heterocycles. The second kappa shape index (κ2) is 5.38. The molecular formula is C12H12FN5. The lowest BCUT2D eigenvalue weighted by Crippen LogP contribution is -2.14. The van der Waals surface area contributed by atoms with Crippen molar-refractivity contribution in [3.63, 3.8) is 0 Å². The number of hydrogen-bond acceptors (Lipinski definition) is 4. The maximum absolute atomic E-state index is 13.2. The van der Waals surface area contributed by atoms with Crippen LogP contribution in [0, 0.1) is 17.1 Å². The molecule has 0 amide bonds. The van der Waals surface area contributed by atoms with Crippen LogP contribution in [0.15, 0.2) is 24.5 Å². The molecule has 1 aromatic heterocycles. The van der Waals surface area contributed by atoms with Crippen molar-refractivity contribution in [1.82, 2.24) is 20.1 Å². The van der Waals surface area contributed by atoms with Gasteiger partial charge in [-0.2, -0.15) is 5.26 Å². The number of halogens is 1. The van der Waals surface area contributed by atoms with E-state index in [-0.39, 0.29) is 11.6 Å². The summed E-state index contributed by atoms with van der Waals surface area (Å²) in [5, 5.41) is 15.8. The van der Waals surface area contributed by atoms with Crippen LogP contribution in [0.5, 0.6) is 0 Å². The van der Waals surface area contributed by atoms with Crippen LogP contribution in [-0.2, 0) is 6.54 Å². The number of aromatic nitrogens is 3. The van der Waals surface area contributed by atoms with E-state index < -0.39 is 0 Å². The molecular weight excluding hydrogens is 233 g/mol. The van der Waals surface area contributed by atoms with Gasteiger partial charge in [0.2, 0.25) is 0 Å².